The highest BCUT2D eigenvalue weighted by atomic mass is 16.5. The van der Waals surface area contributed by atoms with Crippen molar-refractivity contribution in [2.45, 2.75) is 58.4 Å². The normalized spacial score (nSPS) is 16.2. The molecule has 100 valence electrons. The van der Waals surface area contributed by atoms with Gasteiger partial charge in [-0.05, 0) is 45.6 Å². The topological polar surface area (TPSA) is 45.0 Å². The maximum atomic E-state index is 8.98. The van der Waals surface area contributed by atoms with Crippen LogP contribution < -0.4 is 5.32 Å². The molecular weight excluding hydrogens is 212 g/mol. The number of hydrogen-bond donors (Lipinski definition) is 1. The number of nitriles is 1. The zero-order valence-corrected chi connectivity index (χ0v) is 11.9. The molecule has 0 aromatic rings. The van der Waals surface area contributed by atoms with Crippen LogP contribution in [-0.2, 0) is 4.74 Å². The quantitative estimate of drug-likeness (QED) is 0.597. The van der Waals surface area contributed by atoms with Gasteiger partial charge in [0, 0.05) is 13.2 Å². The van der Waals surface area contributed by atoms with Gasteiger partial charge in [-0.2, -0.15) is 5.26 Å². The van der Waals surface area contributed by atoms with Crippen LogP contribution in [0.3, 0.4) is 0 Å². The minimum atomic E-state index is -0.379. The fourth-order valence-corrected chi connectivity index (χ4v) is 1.78. The molecule has 3 heteroatoms. The molecule has 0 saturated carbocycles. The Morgan fingerprint density at radius 1 is 1.41 bits per heavy atom. The molecule has 0 spiro atoms. The van der Waals surface area contributed by atoms with Crippen molar-refractivity contribution in [1.29, 1.82) is 5.26 Å². The summed E-state index contributed by atoms with van der Waals surface area (Å²) in [7, 11) is 1.84. The summed E-state index contributed by atoms with van der Waals surface area (Å²) in [6.07, 6.45) is 5.43. The first kappa shape index (κ1) is 16.4. The van der Waals surface area contributed by atoms with Gasteiger partial charge in [0.25, 0.3) is 0 Å². The van der Waals surface area contributed by atoms with E-state index in [0.717, 1.165) is 32.5 Å². The van der Waals surface area contributed by atoms with E-state index in [1.54, 1.807) is 0 Å². The van der Waals surface area contributed by atoms with Crippen LogP contribution in [0.2, 0.25) is 0 Å². The molecule has 0 rings (SSSR count). The lowest BCUT2D eigenvalue weighted by molar-refractivity contribution is 0.0976. The number of hydrogen-bond acceptors (Lipinski definition) is 3. The standard InChI is InChI=1S/C14H28N2O/c1-5-8-13(2)11-17-10-7-6-9-14(3,12-15)16-4/h13,16H,5-11H2,1-4H3. The van der Waals surface area contributed by atoms with Crippen molar-refractivity contribution in [1.82, 2.24) is 5.32 Å². The lowest BCUT2D eigenvalue weighted by atomic mass is 9.97. The molecule has 0 heterocycles. The molecule has 3 nitrogen and oxygen atoms in total. The van der Waals surface area contributed by atoms with Crippen LogP contribution >= 0.6 is 0 Å². The molecular formula is C14H28N2O. The fourth-order valence-electron chi connectivity index (χ4n) is 1.78. The highest BCUT2D eigenvalue weighted by Gasteiger charge is 2.19. The number of ether oxygens (including phenoxy) is 1. The van der Waals surface area contributed by atoms with Gasteiger partial charge in [0.15, 0.2) is 0 Å². The highest BCUT2D eigenvalue weighted by molar-refractivity contribution is 5.02. The monoisotopic (exact) mass is 240 g/mol. The van der Waals surface area contributed by atoms with E-state index in [1.807, 2.05) is 14.0 Å². The van der Waals surface area contributed by atoms with Crippen molar-refractivity contribution in [3.63, 3.8) is 0 Å². The van der Waals surface area contributed by atoms with E-state index in [4.69, 9.17) is 10.00 Å². The predicted molar refractivity (Wildman–Crippen MR) is 71.8 cm³/mol. The van der Waals surface area contributed by atoms with Crippen LogP contribution in [0.15, 0.2) is 0 Å². The first-order valence-corrected chi connectivity index (χ1v) is 6.76. The molecule has 0 saturated heterocycles. The Balaban J connectivity index is 3.44. The van der Waals surface area contributed by atoms with Crippen LogP contribution in [0, 0.1) is 17.2 Å². The third kappa shape index (κ3) is 8.18. The van der Waals surface area contributed by atoms with Crippen LogP contribution in [-0.4, -0.2) is 25.8 Å². The Morgan fingerprint density at radius 3 is 2.65 bits per heavy atom. The Bertz CT molecular complexity index is 225. The van der Waals surface area contributed by atoms with Gasteiger partial charge in [-0.25, -0.2) is 0 Å². The van der Waals surface area contributed by atoms with Gasteiger partial charge < -0.3 is 10.1 Å². The molecule has 0 aromatic carbocycles. The third-order valence-electron chi connectivity index (χ3n) is 3.20. The van der Waals surface area contributed by atoms with E-state index in [9.17, 15) is 0 Å². The molecule has 0 amide bonds. The molecule has 0 aromatic heterocycles. The third-order valence-corrected chi connectivity index (χ3v) is 3.20. The number of unbranched alkanes of at least 4 members (excludes halogenated alkanes) is 1. The van der Waals surface area contributed by atoms with Gasteiger partial charge in [-0.15, -0.1) is 0 Å². The summed E-state index contributed by atoms with van der Waals surface area (Å²) >= 11 is 0. The van der Waals surface area contributed by atoms with Crippen molar-refractivity contribution >= 4 is 0 Å². The second kappa shape index (κ2) is 9.44. The average molecular weight is 240 g/mol. The second-order valence-corrected chi connectivity index (χ2v) is 5.12. The van der Waals surface area contributed by atoms with Crippen molar-refractivity contribution in [3.05, 3.63) is 0 Å². The van der Waals surface area contributed by atoms with Crippen molar-refractivity contribution in [3.8, 4) is 6.07 Å². The van der Waals surface area contributed by atoms with Gasteiger partial charge in [-0.3, -0.25) is 0 Å². The SMILES string of the molecule is CCCC(C)COCCCCC(C)(C#N)NC. The molecule has 0 radical (unpaired) electrons. The summed E-state index contributed by atoms with van der Waals surface area (Å²) in [6, 6.07) is 2.30. The second-order valence-electron chi connectivity index (χ2n) is 5.12. The number of nitrogens with one attached hydrogen (secondary N) is 1. The molecule has 0 aliphatic carbocycles. The lowest BCUT2D eigenvalue weighted by Crippen LogP contribution is -2.37. The molecule has 1 N–H and O–H groups in total. The largest absolute Gasteiger partial charge is 0.381 e. The maximum absolute atomic E-state index is 8.98. The van der Waals surface area contributed by atoms with Crippen LogP contribution in [0.4, 0.5) is 0 Å². The first-order valence-electron chi connectivity index (χ1n) is 6.76. The fraction of sp³-hybridized carbons (Fsp3) is 0.929. The Morgan fingerprint density at radius 2 is 2.12 bits per heavy atom. The maximum Gasteiger partial charge on any atom is 0.103 e. The molecule has 2 atom stereocenters. The molecule has 0 bridgehead atoms. The number of nitrogens with zero attached hydrogens (tertiary/aromatic N) is 1. The van der Waals surface area contributed by atoms with Crippen LogP contribution in [0.5, 0.6) is 0 Å². The lowest BCUT2D eigenvalue weighted by Gasteiger charge is -2.20. The minimum Gasteiger partial charge on any atom is -0.381 e. The molecule has 0 aliphatic rings. The average Bonchev–Trinajstić information content (AvgIpc) is 2.33. The van der Waals surface area contributed by atoms with E-state index in [-0.39, 0.29) is 5.54 Å². The van der Waals surface area contributed by atoms with Gasteiger partial charge in [0.2, 0.25) is 0 Å². The number of rotatable bonds is 10. The summed E-state index contributed by atoms with van der Waals surface area (Å²) in [5.74, 6) is 0.668. The van der Waals surface area contributed by atoms with E-state index in [0.29, 0.717) is 5.92 Å². The van der Waals surface area contributed by atoms with Gasteiger partial charge in [-0.1, -0.05) is 20.3 Å². The van der Waals surface area contributed by atoms with Crippen molar-refractivity contribution < 1.29 is 4.74 Å². The zero-order valence-electron chi connectivity index (χ0n) is 11.9. The van der Waals surface area contributed by atoms with Gasteiger partial charge in [0.05, 0.1) is 6.07 Å². The Kier molecular flexibility index (Phi) is 9.11. The summed E-state index contributed by atoms with van der Waals surface area (Å²) in [6.45, 7) is 8.07. The molecule has 0 aliphatic heterocycles. The summed E-state index contributed by atoms with van der Waals surface area (Å²) in [5, 5.41) is 12.0. The summed E-state index contributed by atoms with van der Waals surface area (Å²) < 4.78 is 5.63. The van der Waals surface area contributed by atoms with Crippen molar-refractivity contribution in [2.75, 3.05) is 20.3 Å². The molecule has 2 unspecified atom stereocenters. The van der Waals surface area contributed by atoms with E-state index in [1.165, 1.54) is 12.8 Å². The Labute approximate surface area is 107 Å². The zero-order chi connectivity index (χ0) is 13.1. The molecule has 0 fully saturated rings. The van der Waals surface area contributed by atoms with E-state index < -0.39 is 0 Å². The van der Waals surface area contributed by atoms with Gasteiger partial charge in [0.1, 0.15) is 5.54 Å². The minimum absolute atomic E-state index is 0.379. The smallest absolute Gasteiger partial charge is 0.103 e. The van der Waals surface area contributed by atoms with Crippen LogP contribution in [0.25, 0.3) is 0 Å². The first-order chi connectivity index (χ1) is 8.08. The van der Waals surface area contributed by atoms with Crippen LogP contribution in [0.1, 0.15) is 52.9 Å². The predicted octanol–water partition coefficient (Wildman–Crippen LogP) is 3.11. The van der Waals surface area contributed by atoms with Gasteiger partial charge >= 0.3 is 0 Å². The van der Waals surface area contributed by atoms with E-state index in [2.05, 4.69) is 25.2 Å². The Hall–Kier alpha value is -0.590. The van der Waals surface area contributed by atoms with Crippen molar-refractivity contribution in [2.24, 2.45) is 5.92 Å². The summed E-state index contributed by atoms with van der Waals surface area (Å²) in [4.78, 5) is 0. The summed E-state index contributed by atoms with van der Waals surface area (Å²) in [5.41, 5.74) is -0.379. The molecule has 17 heavy (non-hydrogen) atoms. The van der Waals surface area contributed by atoms with E-state index >= 15 is 0 Å². The highest BCUT2D eigenvalue weighted by Crippen LogP contribution is 2.12.